The second-order valence-corrected chi connectivity index (χ2v) is 13.1. The fourth-order valence-corrected chi connectivity index (χ4v) is 8.51. The summed E-state index contributed by atoms with van der Waals surface area (Å²) in [5.74, 6) is 2.61. The molecule has 0 aromatic rings. The first-order chi connectivity index (χ1) is 16.5. The van der Waals surface area contributed by atoms with Crippen LogP contribution in [0.25, 0.3) is 0 Å². The molecule has 0 heterocycles. The van der Waals surface area contributed by atoms with Gasteiger partial charge in [0, 0.05) is 11.8 Å². The van der Waals surface area contributed by atoms with Crippen molar-refractivity contribution in [3.05, 3.63) is 23.3 Å². The van der Waals surface area contributed by atoms with E-state index in [4.69, 9.17) is 9.84 Å². The molecule has 0 aromatic carbocycles. The molecule has 2 saturated carbocycles. The summed E-state index contributed by atoms with van der Waals surface area (Å²) in [4.78, 5) is 22.9. The van der Waals surface area contributed by atoms with Crippen LogP contribution in [0.5, 0.6) is 0 Å². The molecule has 4 rings (SSSR count). The molecule has 35 heavy (non-hydrogen) atoms. The van der Waals surface area contributed by atoms with Crippen molar-refractivity contribution in [1.82, 2.24) is 0 Å². The zero-order chi connectivity index (χ0) is 25.4. The molecule has 1 N–H and O–H groups in total. The van der Waals surface area contributed by atoms with E-state index in [0.29, 0.717) is 11.3 Å². The van der Waals surface area contributed by atoms with Crippen LogP contribution in [0.4, 0.5) is 0 Å². The van der Waals surface area contributed by atoms with Gasteiger partial charge in [0.15, 0.2) is 0 Å². The highest BCUT2D eigenvalue weighted by Gasteiger charge is 2.56. The fraction of sp³-hybridized carbons (Fsp3) is 0.806. The Balaban J connectivity index is 1.42. The van der Waals surface area contributed by atoms with E-state index < -0.39 is 5.97 Å². The number of esters is 1. The quantitative estimate of drug-likeness (QED) is 0.269. The van der Waals surface area contributed by atoms with Gasteiger partial charge < -0.3 is 9.84 Å². The molecular formula is C31H48O4. The third kappa shape index (κ3) is 5.27. The van der Waals surface area contributed by atoms with Crippen molar-refractivity contribution < 1.29 is 19.4 Å². The first-order valence-electron chi connectivity index (χ1n) is 14.4. The lowest BCUT2D eigenvalue weighted by molar-refractivity contribution is -0.153. The molecule has 4 aliphatic carbocycles. The van der Waals surface area contributed by atoms with E-state index in [9.17, 15) is 9.59 Å². The lowest BCUT2D eigenvalue weighted by atomic mass is 9.51. The Morgan fingerprint density at radius 1 is 1.09 bits per heavy atom. The van der Waals surface area contributed by atoms with E-state index in [1.54, 1.807) is 5.57 Å². The molecule has 4 nitrogen and oxygen atoms in total. The largest absolute Gasteiger partial charge is 0.481 e. The number of fused-ring (bicyclic) bond motifs is 5. The van der Waals surface area contributed by atoms with Crippen molar-refractivity contribution >= 4 is 11.9 Å². The van der Waals surface area contributed by atoms with Crippen LogP contribution >= 0.6 is 0 Å². The number of carboxylic acid groups (broad SMARTS) is 1. The number of hydrogen-bond acceptors (Lipinski definition) is 3. The summed E-state index contributed by atoms with van der Waals surface area (Å²) in [6.45, 7) is 12.2. The third-order valence-electron chi connectivity index (χ3n) is 10.5. The lowest BCUT2D eigenvalue weighted by Crippen LogP contribution is -2.45. The summed E-state index contributed by atoms with van der Waals surface area (Å²) in [5, 5.41) is 8.83. The maximum absolute atomic E-state index is 12.1. The van der Waals surface area contributed by atoms with Crippen molar-refractivity contribution in [3.63, 3.8) is 0 Å². The first kappa shape index (κ1) is 26.5. The van der Waals surface area contributed by atoms with E-state index in [-0.39, 0.29) is 30.3 Å². The number of carbonyl (C=O) groups excluding carboxylic acids is 1. The Hall–Kier alpha value is -1.58. The Labute approximate surface area is 213 Å². The molecule has 0 bridgehead atoms. The number of carbonyl (C=O) groups is 2. The van der Waals surface area contributed by atoms with Gasteiger partial charge in [-0.3, -0.25) is 9.59 Å². The average Bonchev–Trinajstić information content (AvgIpc) is 3.15. The Bertz CT molecular complexity index is 869. The predicted octanol–water partition coefficient (Wildman–Crippen LogP) is 7.72. The van der Waals surface area contributed by atoms with E-state index in [2.05, 4.69) is 46.8 Å². The zero-order valence-corrected chi connectivity index (χ0v) is 22.8. The van der Waals surface area contributed by atoms with E-state index in [1.807, 2.05) is 0 Å². The summed E-state index contributed by atoms with van der Waals surface area (Å²) in [5.41, 5.74) is 3.67. The van der Waals surface area contributed by atoms with Crippen molar-refractivity contribution in [3.8, 4) is 0 Å². The van der Waals surface area contributed by atoms with Gasteiger partial charge in [0.2, 0.25) is 0 Å². The van der Waals surface area contributed by atoms with Gasteiger partial charge in [-0.1, -0.05) is 77.2 Å². The molecule has 0 aromatic heterocycles. The van der Waals surface area contributed by atoms with Gasteiger partial charge in [-0.2, -0.15) is 0 Å². The molecule has 0 aliphatic heterocycles. The Morgan fingerprint density at radius 3 is 2.57 bits per heavy atom. The molecule has 0 saturated heterocycles. The summed E-state index contributed by atoms with van der Waals surface area (Å²) in [6.07, 6.45) is 16.8. The molecule has 2 fully saturated rings. The maximum Gasteiger partial charge on any atom is 0.306 e. The monoisotopic (exact) mass is 484 g/mol. The highest BCUT2D eigenvalue weighted by Crippen LogP contribution is 2.65. The predicted molar refractivity (Wildman–Crippen MR) is 140 cm³/mol. The molecule has 0 spiro atoms. The third-order valence-corrected chi connectivity index (χ3v) is 10.5. The van der Waals surface area contributed by atoms with Gasteiger partial charge in [-0.05, 0) is 73.5 Å². The van der Waals surface area contributed by atoms with Crippen LogP contribution in [-0.4, -0.2) is 23.1 Å². The summed E-state index contributed by atoms with van der Waals surface area (Å²) in [6, 6.07) is 0. The highest BCUT2D eigenvalue weighted by molar-refractivity contribution is 5.76. The van der Waals surface area contributed by atoms with Gasteiger partial charge in [0.05, 0.1) is 12.8 Å². The minimum atomic E-state index is -0.950. The van der Waals surface area contributed by atoms with Crippen molar-refractivity contribution in [1.29, 1.82) is 0 Å². The van der Waals surface area contributed by atoms with Crippen LogP contribution in [0.1, 0.15) is 112 Å². The van der Waals surface area contributed by atoms with Crippen LogP contribution in [0.2, 0.25) is 0 Å². The summed E-state index contributed by atoms with van der Waals surface area (Å²) < 4.78 is 5.68. The van der Waals surface area contributed by atoms with Crippen molar-refractivity contribution in [2.24, 2.45) is 40.4 Å². The van der Waals surface area contributed by atoms with Gasteiger partial charge in [-0.15, -0.1) is 0 Å². The molecule has 4 heteroatoms. The summed E-state index contributed by atoms with van der Waals surface area (Å²) >= 11 is 0. The maximum atomic E-state index is 12.1. The second-order valence-electron chi connectivity index (χ2n) is 13.1. The van der Waals surface area contributed by atoms with E-state index in [0.717, 1.165) is 49.4 Å². The number of ether oxygens (including phenoxy) is 1. The van der Waals surface area contributed by atoms with Crippen LogP contribution < -0.4 is 0 Å². The molecular weight excluding hydrogens is 436 g/mol. The molecule has 196 valence electrons. The first-order valence-corrected chi connectivity index (χ1v) is 14.4. The minimum Gasteiger partial charge on any atom is -0.481 e. The Morgan fingerprint density at radius 2 is 1.86 bits per heavy atom. The fourth-order valence-electron chi connectivity index (χ4n) is 8.51. The van der Waals surface area contributed by atoms with Gasteiger partial charge >= 0.3 is 11.9 Å². The van der Waals surface area contributed by atoms with Crippen LogP contribution in [0.3, 0.4) is 0 Å². The molecule has 0 unspecified atom stereocenters. The number of hydrogen-bond donors (Lipinski definition) is 1. The van der Waals surface area contributed by atoms with E-state index in [1.165, 1.54) is 44.1 Å². The topological polar surface area (TPSA) is 63.6 Å². The van der Waals surface area contributed by atoms with Gasteiger partial charge in [0.1, 0.15) is 6.10 Å². The average molecular weight is 485 g/mol. The number of rotatable bonds is 9. The zero-order valence-electron chi connectivity index (χ0n) is 22.8. The van der Waals surface area contributed by atoms with Gasteiger partial charge in [-0.25, -0.2) is 0 Å². The molecule has 7 atom stereocenters. The van der Waals surface area contributed by atoms with Crippen LogP contribution in [0, 0.1) is 40.4 Å². The molecule has 4 aliphatic rings. The number of aliphatic carboxylic acids is 1. The lowest BCUT2D eigenvalue weighted by Gasteiger charge is -2.54. The van der Waals surface area contributed by atoms with Crippen LogP contribution in [0.15, 0.2) is 23.3 Å². The smallest absolute Gasteiger partial charge is 0.306 e. The normalized spacial score (nSPS) is 37.0. The van der Waals surface area contributed by atoms with Crippen molar-refractivity contribution in [2.75, 3.05) is 0 Å². The van der Waals surface area contributed by atoms with Crippen molar-refractivity contribution in [2.45, 2.75) is 118 Å². The van der Waals surface area contributed by atoms with Gasteiger partial charge in [0.25, 0.3) is 0 Å². The minimum absolute atomic E-state index is 0.0350. The standard InChI is InChI=1S/C31H48O4/c1-20(2)7-6-8-21(3)25-11-12-26-24-10-9-22-19-23(35-29(34)14-13-28(32)33)15-17-30(22,4)27(24)16-18-31(25,26)5/h9,16,20-21,23-26H,6-8,10-15,17-19H2,1-5H3,(H,32,33)/t21-,23+,24+,25-,26+,30+,31-/m1/s1. The van der Waals surface area contributed by atoms with E-state index >= 15 is 0 Å². The molecule has 0 amide bonds. The number of carboxylic acids is 1. The molecule has 0 radical (unpaired) electrons. The summed E-state index contributed by atoms with van der Waals surface area (Å²) in [7, 11) is 0. The van der Waals surface area contributed by atoms with Crippen LogP contribution in [-0.2, 0) is 14.3 Å². The number of allylic oxidation sites excluding steroid dienone is 3. The Kier molecular flexibility index (Phi) is 7.88. The highest BCUT2D eigenvalue weighted by atomic mass is 16.5. The SMILES string of the molecule is CC(C)CCC[C@@H](C)[C@H]1CC[C@H]2[C@@H]3CC=C4C[C@@H](OC(=O)CCC(=O)O)CC[C@]4(C)C3=CC[C@]12C. The second kappa shape index (κ2) is 10.4.